The Labute approximate surface area is 178 Å². The van der Waals surface area contributed by atoms with E-state index in [-0.39, 0.29) is 17.8 Å². The van der Waals surface area contributed by atoms with Gasteiger partial charge in [0.25, 0.3) is 11.8 Å². The highest BCUT2D eigenvalue weighted by atomic mass is 35.5. The van der Waals surface area contributed by atoms with E-state index in [0.717, 1.165) is 5.56 Å². The van der Waals surface area contributed by atoms with Crippen molar-refractivity contribution in [3.63, 3.8) is 0 Å². The third-order valence-electron chi connectivity index (χ3n) is 4.88. The van der Waals surface area contributed by atoms with E-state index in [1.807, 2.05) is 42.5 Å². The molecule has 0 fully saturated rings. The summed E-state index contributed by atoms with van der Waals surface area (Å²) in [6, 6.07) is 22.0. The van der Waals surface area contributed by atoms with E-state index in [1.54, 1.807) is 12.1 Å². The average molecular weight is 421 g/mol. The van der Waals surface area contributed by atoms with Gasteiger partial charge in [0.2, 0.25) is 0 Å². The summed E-state index contributed by atoms with van der Waals surface area (Å²) in [5.41, 5.74) is 2.57. The lowest BCUT2D eigenvalue weighted by Gasteiger charge is -2.15. The molecule has 2 amide bonds. The van der Waals surface area contributed by atoms with Gasteiger partial charge in [-0.2, -0.15) is 0 Å². The first-order valence-electron chi connectivity index (χ1n) is 9.46. The fourth-order valence-electron chi connectivity index (χ4n) is 3.34. The molecule has 0 spiro atoms. The first-order valence-corrected chi connectivity index (χ1v) is 9.83. The number of carbonyl (C=O) groups excluding carboxylic acids is 2. The molecular weight excluding hydrogens is 403 g/mol. The highest BCUT2D eigenvalue weighted by molar-refractivity contribution is 6.36. The third-order valence-corrected chi connectivity index (χ3v) is 5.13. The van der Waals surface area contributed by atoms with E-state index >= 15 is 0 Å². The second kappa shape index (κ2) is 8.51. The molecule has 1 aliphatic heterocycles. The smallest absolute Gasteiger partial charge is 0.278 e. The lowest BCUT2D eigenvalue weighted by atomic mass is 10.0. The topological polar surface area (TPSA) is 49.4 Å². The van der Waals surface area contributed by atoms with Gasteiger partial charge in [0.15, 0.2) is 0 Å². The van der Waals surface area contributed by atoms with Crippen molar-refractivity contribution in [3.8, 4) is 0 Å². The van der Waals surface area contributed by atoms with Crippen LogP contribution in [-0.2, 0) is 16.0 Å². The molecule has 0 aromatic heterocycles. The molecule has 30 heavy (non-hydrogen) atoms. The number of benzene rings is 3. The lowest BCUT2D eigenvalue weighted by molar-refractivity contribution is -0.136. The molecule has 1 N–H and O–H groups in total. The Hall–Kier alpha value is -3.44. The molecule has 0 radical (unpaired) electrons. The van der Waals surface area contributed by atoms with E-state index in [0.29, 0.717) is 22.7 Å². The summed E-state index contributed by atoms with van der Waals surface area (Å²) in [4.78, 5) is 27.5. The number of anilines is 1. The van der Waals surface area contributed by atoms with Gasteiger partial charge in [0.05, 0.1) is 5.57 Å². The van der Waals surface area contributed by atoms with Gasteiger partial charge >= 0.3 is 0 Å². The van der Waals surface area contributed by atoms with Crippen molar-refractivity contribution < 1.29 is 14.0 Å². The summed E-state index contributed by atoms with van der Waals surface area (Å²) in [5.74, 6) is -1.22. The van der Waals surface area contributed by atoms with E-state index in [9.17, 15) is 14.0 Å². The zero-order valence-electron chi connectivity index (χ0n) is 15.9. The number of rotatable bonds is 6. The number of hydrogen-bond donors (Lipinski definition) is 1. The molecular formula is C24H18ClFN2O2. The third kappa shape index (κ3) is 4.11. The number of para-hydroxylation sites is 1. The van der Waals surface area contributed by atoms with Crippen LogP contribution < -0.4 is 5.32 Å². The number of nitrogens with zero attached hydrogens (tertiary/aromatic N) is 1. The van der Waals surface area contributed by atoms with Gasteiger partial charge in [0, 0.05) is 17.3 Å². The number of nitrogens with one attached hydrogen (secondary N) is 1. The minimum absolute atomic E-state index is 0.189. The van der Waals surface area contributed by atoms with Crippen molar-refractivity contribution in [2.75, 3.05) is 11.9 Å². The number of carbonyl (C=O) groups is 2. The van der Waals surface area contributed by atoms with Crippen LogP contribution >= 0.6 is 11.6 Å². The number of imide groups is 1. The summed E-state index contributed by atoms with van der Waals surface area (Å²) in [7, 11) is 0. The van der Waals surface area contributed by atoms with Gasteiger partial charge < -0.3 is 5.32 Å². The maximum atomic E-state index is 13.4. The van der Waals surface area contributed by atoms with Crippen molar-refractivity contribution in [3.05, 3.63) is 107 Å². The van der Waals surface area contributed by atoms with Crippen LogP contribution in [0, 0.1) is 5.82 Å². The van der Waals surface area contributed by atoms with Crippen LogP contribution in [0.2, 0.25) is 5.02 Å². The summed E-state index contributed by atoms with van der Waals surface area (Å²) in [5, 5.41) is 3.70. The predicted molar refractivity (Wildman–Crippen MR) is 115 cm³/mol. The molecule has 150 valence electrons. The van der Waals surface area contributed by atoms with Crippen LogP contribution in [0.25, 0.3) is 5.57 Å². The normalized spacial score (nSPS) is 13.9. The van der Waals surface area contributed by atoms with Gasteiger partial charge in [0.1, 0.15) is 11.5 Å². The van der Waals surface area contributed by atoms with Crippen LogP contribution in [0.4, 0.5) is 10.1 Å². The van der Waals surface area contributed by atoms with Gasteiger partial charge in [-0.25, -0.2) is 4.39 Å². The van der Waals surface area contributed by atoms with E-state index in [2.05, 4.69) is 5.32 Å². The molecule has 0 saturated heterocycles. The van der Waals surface area contributed by atoms with Crippen molar-refractivity contribution in [1.29, 1.82) is 0 Å². The van der Waals surface area contributed by atoms with Gasteiger partial charge in [-0.1, -0.05) is 54.1 Å². The molecule has 0 bridgehead atoms. The van der Waals surface area contributed by atoms with Crippen molar-refractivity contribution >= 4 is 34.7 Å². The Balaban J connectivity index is 1.64. The molecule has 0 saturated carbocycles. The maximum absolute atomic E-state index is 13.4. The summed E-state index contributed by atoms with van der Waals surface area (Å²) < 4.78 is 13.4. The highest BCUT2D eigenvalue weighted by Crippen LogP contribution is 2.30. The molecule has 6 heteroatoms. The molecule has 0 atom stereocenters. The summed E-state index contributed by atoms with van der Waals surface area (Å²) in [6.07, 6.45) is 0.504. The number of halogens is 2. The highest BCUT2D eigenvalue weighted by Gasteiger charge is 2.38. The minimum atomic E-state index is -0.409. The van der Waals surface area contributed by atoms with Crippen LogP contribution in [0.3, 0.4) is 0 Å². The molecule has 4 rings (SSSR count). The summed E-state index contributed by atoms with van der Waals surface area (Å²) in [6.45, 7) is 0.226. The van der Waals surface area contributed by atoms with Crippen LogP contribution in [-0.4, -0.2) is 23.3 Å². The van der Waals surface area contributed by atoms with E-state index in [4.69, 9.17) is 11.6 Å². The van der Waals surface area contributed by atoms with E-state index in [1.165, 1.54) is 29.2 Å². The Morgan fingerprint density at radius 2 is 1.50 bits per heavy atom. The Kier molecular flexibility index (Phi) is 5.63. The molecule has 1 heterocycles. The molecule has 3 aromatic carbocycles. The standard InChI is InChI=1S/C24H18ClFN2O2/c25-18-10-6-16(7-11-18)14-15-28-23(29)21(17-8-12-19(26)13-9-17)22(24(28)30)27-20-4-2-1-3-5-20/h1-13,27H,14-15H2. The van der Waals surface area contributed by atoms with Gasteiger partial charge in [-0.05, 0) is 53.9 Å². The Bertz CT molecular complexity index is 1110. The fraction of sp³-hybridized carbons (Fsp3) is 0.0833. The molecule has 0 aliphatic carbocycles. The van der Waals surface area contributed by atoms with Gasteiger partial charge in [-0.3, -0.25) is 14.5 Å². The predicted octanol–water partition coefficient (Wildman–Crippen LogP) is 4.91. The quantitative estimate of drug-likeness (QED) is 0.576. The Morgan fingerprint density at radius 3 is 2.17 bits per heavy atom. The zero-order valence-corrected chi connectivity index (χ0v) is 16.7. The van der Waals surface area contributed by atoms with Crippen molar-refractivity contribution in [2.45, 2.75) is 6.42 Å². The first-order chi connectivity index (χ1) is 14.5. The molecule has 4 nitrogen and oxygen atoms in total. The van der Waals surface area contributed by atoms with Crippen molar-refractivity contribution in [2.24, 2.45) is 0 Å². The maximum Gasteiger partial charge on any atom is 0.278 e. The lowest BCUT2D eigenvalue weighted by Crippen LogP contribution is -2.34. The molecule has 1 aliphatic rings. The van der Waals surface area contributed by atoms with Crippen LogP contribution in [0.5, 0.6) is 0 Å². The second-order valence-electron chi connectivity index (χ2n) is 6.89. The largest absolute Gasteiger partial charge is 0.350 e. The average Bonchev–Trinajstić information content (AvgIpc) is 2.98. The molecule has 0 unspecified atom stereocenters. The SMILES string of the molecule is O=C1C(Nc2ccccc2)=C(c2ccc(F)cc2)C(=O)N1CCc1ccc(Cl)cc1. The van der Waals surface area contributed by atoms with Crippen LogP contribution in [0.1, 0.15) is 11.1 Å². The van der Waals surface area contributed by atoms with Gasteiger partial charge in [-0.15, -0.1) is 0 Å². The molecule has 3 aromatic rings. The zero-order chi connectivity index (χ0) is 21.1. The number of hydrogen-bond acceptors (Lipinski definition) is 3. The fourth-order valence-corrected chi connectivity index (χ4v) is 3.46. The van der Waals surface area contributed by atoms with Crippen LogP contribution in [0.15, 0.2) is 84.6 Å². The first kappa shape index (κ1) is 19.9. The Morgan fingerprint density at radius 1 is 0.833 bits per heavy atom. The second-order valence-corrected chi connectivity index (χ2v) is 7.32. The van der Waals surface area contributed by atoms with E-state index < -0.39 is 17.6 Å². The number of amides is 2. The minimum Gasteiger partial charge on any atom is -0.350 e. The summed E-state index contributed by atoms with van der Waals surface area (Å²) >= 11 is 5.92. The van der Waals surface area contributed by atoms with Crippen molar-refractivity contribution in [1.82, 2.24) is 4.90 Å². The monoisotopic (exact) mass is 420 g/mol.